The van der Waals surface area contributed by atoms with Crippen LogP contribution in [0.5, 0.6) is 0 Å². The first-order valence-corrected chi connectivity index (χ1v) is 10.1. The van der Waals surface area contributed by atoms with Gasteiger partial charge < -0.3 is 10.2 Å². The molecule has 2 atom stereocenters. The summed E-state index contributed by atoms with van der Waals surface area (Å²) < 4.78 is 1.79. The van der Waals surface area contributed by atoms with Crippen molar-refractivity contribution >= 4 is 41.5 Å². The van der Waals surface area contributed by atoms with Crippen LogP contribution in [0.2, 0.25) is 5.02 Å². The minimum absolute atomic E-state index is 0. The molecule has 0 spiro atoms. The molecule has 2 aromatic rings. The second-order valence-corrected chi connectivity index (χ2v) is 7.90. The Bertz CT molecular complexity index is 810. The molecule has 0 bridgehead atoms. The number of aryl methyl sites for hydroxylation is 1. The van der Waals surface area contributed by atoms with Crippen LogP contribution in [0.25, 0.3) is 0 Å². The summed E-state index contributed by atoms with van der Waals surface area (Å²) in [5, 5.41) is 8.49. The largest absolute Gasteiger partial charge is 0.356 e. The number of halogens is 2. The van der Waals surface area contributed by atoms with Crippen LogP contribution in [0, 0.1) is 5.92 Å². The zero-order valence-corrected chi connectivity index (χ0v) is 20.6. The quantitative estimate of drug-likeness (QED) is 0.365. The maximum absolute atomic E-state index is 6.26. The van der Waals surface area contributed by atoms with Crippen molar-refractivity contribution in [2.75, 3.05) is 34.2 Å². The van der Waals surface area contributed by atoms with E-state index in [2.05, 4.69) is 49.4 Å². The van der Waals surface area contributed by atoms with Crippen LogP contribution < -0.4 is 5.32 Å². The van der Waals surface area contributed by atoms with Gasteiger partial charge in [-0.15, -0.1) is 24.0 Å². The maximum Gasteiger partial charge on any atom is 0.193 e. The number of guanidine groups is 1. The fraction of sp³-hybridized carbons (Fsp3) is 0.550. The van der Waals surface area contributed by atoms with Crippen molar-refractivity contribution in [1.29, 1.82) is 0 Å². The molecular formula is C20H31ClIN7. The summed E-state index contributed by atoms with van der Waals surface area (Å²) in [6.45, 7) is 2.62. The van der Waals surface area contributed by atoms with E-state index in [4.69, 9.17) is 11.6 Å². The zero-order valence-electron chi connectivity index (χ0n) is 17.5. The minimum Gasteiger partial charge on any atom is -0.356 e. The summed E-state index contributed by atoms with van der Waals surface area (Å²) in [5.74, 6) is 2.25. The molecule has 1 N–H and O–H groups in total. The van der Waals surface area contributed by atoms with Crippen LogP contribution in [-0.2, 0) is 13.6 Å². The Labute approximate surface area is 195 Å². The van der Waals surface area contributed by atoms with E-state index in [0.717, 1.165) is 29.9 Å². The Morgan fingerprint density at radius 1 is 1.38 bits per heavy atom. The van der Waals surface area contributed by atoms with Gasteiger partial charge in [-0.2, -0.15) is 5.10 Å². The van der Waals surface area contributed by atoms with Crippen molar-refractivity contribution in [3.8, 4) is 0 Å². The van der Waals surface area contributed by atoms with Gasteiger partial charge >= 0.3 is 0 Å². The number of benzene rings is 1. The lowest BCUT2D eigenvalue weighted by atomic mass is 9.85. The number of hydrogen-bond acceptors (Lipinski definition) is 4. The predicted molar refractivity (Wildman–Crippen MR) is 129 cm³/mol. The highest BCUT2D eigenvalue weighted by molar-refractivity contribution is 14.0. The van der Waals surface area contributed by atoms with E-state index in [1.54, 1.807) is 11.0 Å². The number of likely N-dealkylation sites (tertiary alicyclic amines) is 1. The van der Waals surface area contributed by atoms with E-state index >= 15 is 0 Å². The topological polar surface area (TPSA) is 61.6 Å². The van der Waals surface area contributed by atoms with Gasteiger partial charge in [0.05, 0.1) is 6.54 Å². The molecule has 29 heavy (non-hydrogen) atoms. The molecule has 1 fully saturated rings. The van der Waals surface area contributed by atoms with Crippen LogP contribution in [0.3, 0.4) is 0 Å². The summed E-state index contributed by atoms with van der Waals surface area (Å²) in [7, 11) is 7.94. The Morgan fingerprint density at radius 3 is 2.83 bits per heavy atom. The summed E-state index contributed by atoms with van der Waals surface area (Å²) in [6.07, 6.45) is 3.96. The first-order chi connectivity index (χ1) is 13.5. The van der Waals surface area contributed by atoms with Gasteiger partial charge in [-0.25, -0.2) is 4.98 Å². The number of aliphatic imine (C=N–C) groups is 1. The number of nitrogens with one attached hydrogen (secondary N) is 1. The van der Waals surface area contributed by atoms with Crippen LogP contribution >= 0.6 is 35.6 Å². The van der Waals surface area contributed by atoms with Crippen molar-refractivity contribution < 1.29 is 0 Å². The summed E-state index contributed by atoms with van der Waals surface area (Å²) in [4.78, 5) is 13.3. The van der Waals surface area contributed by atoms with Crippen molar-refractivity contribution in [3.05, 3.63) is 47.0 Å². The molecule has 1 aromatic heterocycles. The molecule has 0 radical (unpaired) electrons. The summed E-state index contributed by atoms with van der Waals surface area (Å²) >= 11 is 6.26. The highest BCUT2D eigenvalue weighted by atomic mass is 127. The van der Waals surface area contributed by atoms with E-state index < -0.39 is 0 Å². The van der Waals surface area contributed by atoms with E-state index in [-0.39, 0.29) is 24.0 Å². The highest BCUT2D eigenvalue weighted by Crippen LogP contribution is 2.35. The van der Waals surface area contributed by atoms with E-state index in [1.807, 2.05) is 33.3 Å². The normalized spacial score (nSPS) is 20.2. The highest BCUT2D eigenvalue weighted by Gasteiger charge is 2.30. The number of piperidine rings is 1. The zero-order chi connectivity index (χ0) is 20.1. The van der Waals surface area contributed by atoms with Crippen LogP contribution in [-0.4, -0.2) is 64.8 Å². The molecule has 3 rings (SSSR count). The van der Waals surface area contributed by atoms with Gasteiger partial charge in [0.1, 0.15) is 12.2 Å². The number of aromatic nitrogens is 3. The second kappa shape index (κ2) is 11.1. The van der Waals surface area contributed by atoms with Gasteiger partial charge in [-0.3, -0.25) is 14.6 Å². The molecule has 2 unspecified atom stereocenters. The third-order valence-corrected chi connectivity index (χ3v) is 5.71. The van der Waals surface area contributed by atoms with E-state index in [9.17, 15) is 0 Å². The Hall–Kier alpha value is -1.39. The third-order valence-electron chi connectivity index (χ3n) is 5.48. The van der Waals surface area contributed by atoms with Crippen LogP contribution in [0.15, 0.2) is 35.6 Å². The summed E-state index contributed by atoms with van der Waals surface area (Å²) in [6, 6.07) is 8.60. The van der Waals surface area contributed by atoms with E-state index in [1.165, 1.54) is 18.4 Å². The second-order valence-electron chi connectivity index (χ2n) is 7.47. The van der Waals surface area contributed by atoms with Gasteiger partial charge in [0, 0.05) is 38.8 Å². The number of hydrogen-bond donors (Lipinski definition) is 1. The molecule has 160 valence electrons. The molecule has 7 nitrogen and oxygen atoms in total. The molecule has 9 heteroatoms. The molecule has 0 saturated carbocycles. The predicted octanol–water partition coefficient (Wildman–Crippen LogP) is 3.18. The van der Waals surface area contributed by atoms with Gasteiger partial charge in [-0.1, -0.05) is 23.7 Å². The molecule has 0 aliphatic carbocycles. The van der Waals surface area contributed by atoms with Gasteiger partial charge in [-0.05, 0) is 50.0 Å². The smallest absolute Gasteiger partial charge is 0.193 e. The first-order valence-electron chi connectivity index (χ1n) is 9.70. The summed E-state index contributed by atoms with van der Waals surface area (Å²) in [5.41, 5.74) is 1.28. The fourth-order valence-corrected chi connectivity index (χ4v) is 4.25. The van der Waals surface area contributed by atoms with Gasteiger partial charge in [0.25, 0.3) is 0 Å². The molecule has 2 heterocycles. The molecule has 1 saturated heterocycles. The molecule has 1 aliphatic heterocycles. The lowest BCUT2D eigenvalue weighted by molar-refractivity contribution is 0.122. The molecular weight excluding hydrogens is 501 g/mol. The standard InChI is InChI=1S/C20H30ClN7.HI/c1-22-20(27(3)13-18-24-14-25-28(18)4)23-12-16-8-6-10-26(2)19(16)15-7-5-9-17(21)11-15;/h5,7,9,11,14,16,19H,6,8,10,12-13H2,1-4H3,(H,22,23);1H. The van der Waals surface area contributed by atoms with Crippen molar-refractivity contribution in [2.24, 2.45) is 18.0 Å². The molecule has 1 aliphatic rings. The van der Waals surface area contributed by atoms with Crippen LogP contribution in [0.4, 0.5) is 0 Å². The third kappa shape index (κ3) is 6.05. The lowest BCUT2D eigenvalue weighted by Crippen LogP contribution is -2.45. The molecule has 0 amide bonds. The average Bonchev–Trinajstić information content (AvgIpc) is 3.07. The minimum atomic E-state index is 0. The van der Waals surface area contributed by atoms with Gasteiger partial charge in [0.2, 0.25) is 0 Å². The number of nitrogens with zero attached hydrogens (tertiary/aromatic N) is 6. The van der Waals surface area contributed by atoms with Crippen molar-refractivity contribution in [3.63, 3.8) is 0 Å². The first kappa shape index (κ1) is 23.9. The lowest BCUT2D eigenvalue weighted by Gasteiger charge is -2.40. The monoisotopic (exact) mass is 531 g/mol. The Kier molecular flexibility index (Phi) is 9.16. The van der Waals surface area contributed by atoms with Crippen molar-refractivity contribution in [1.82, 2.24) is 29.9 Å². The fourth-order valence-electron chi connectivity index (χ4n) is 4.05. The van der Waals surface area contributed by atoms with Gasteiger partial charge in [0.15, 0.2) is 5.96 Å². The maximum atomic E-state index is 6.26. The Morgan fingerprint density at radius 2 is 2.17 bits per heavy atom. The van der Waals surface area contributed by atoms with Crippen molar-refractivity contribution in [2.45, 2.75) is 25.4 Å². The van der Waals surface area contributed by atoms with E-state index in [0.29, 0.717) is 18.5 Å². The number of rotatable bonds is 5. The Balaban J connectivity index is 0.00000300. The van der Waals surface area contributed by atoms with Crippen LogP contribution in [0.1, 0.15) is 30.3 Å². The molecule has 1 aromatic carbocycles. The SMILES string of the molecule is CN=C(NCC1CCCN(C)C1c1cccc(Cl)c1)N(C)Cc1ncnn1C.I. The average molecular weight is 532 g/mol.